The van der Waals surface area contributed by atoms with E-state index in [0.29, 0.717) is 5.89 Å². The molecule has 0 fully saturated rings. The lowest BCUT2D eigenvalue weighted by Crippen LogP contribution is -1.87. The number of pyridine rings is 1. The number of oxazole rings is 1. The highest BCUT2D eigenvalue weighted by molar-refractivity contribution is 6.21. The van der Waals surface area contributed by atoms with Crippen LogP contribution in [0.2, 0.25) is 0 Å². The molecule has 47 heavy (non-hydrogen) atoms. The number of rotatable bonds is 3. The van der Waals surface area contributed by atoms with Crippen LogP contribution in [0, 0.1) is 0 Å². The highest BCUT2D eigenvalue weighted by atomic mass is 16.3. The number of hydrogen-bond acceptors (Lipinski definition) is 3. The fourth-order valence-corrected chi connectivity index (χ4v) is 7.27. The van der Waals surface area contributed by atoms with Crippen molar-refractivity contribution in [1.82, 2.24) is 9.97 Å². The normalized spacial score (nSPS) is 11.8. The minimum Gasteiger partial charge on any atom is -0.434 e. The van der Waals surface area contributed by atoms with E-state index in [4.69, 9.17) is 9.40 Å². The van der Waals surface area contributed by atoms with Gasteiger partial charge in [-0.2, -0.15) is 0 Å². The molecule has 0 saturated carbocycles. The zero-order valence-corrected chi connectivity index (χ0v) is 25.3. The number of aromatic nitrogens is 2. The average molecular weight is 599 g/mol. The Morgan fingerprint density at radius 3 is 2.04 bits per heavy atom. The van der Waals surface area contributed by atoms with Crippen LogP contribution < -0.4 is 0 Å². The fraction of sp³-hybridized carbons (Fsp3) is 0. The molecule has 0 aliphatic heterocycles. The Kier molecular flexibility index (Phi) is 5.57. The van der Waals surface area contributed by atoms with Gasteiger partial charge in [-0.05, 0) is 107 Å². The summed E-state index contributed by atoms with van der Waals surface area (Å²) in [6.07, 6.45) is 1.76. The molecule has 0 aliphatic rings. The third-order valence-corrected chi connectivity index (χ3v) is 9.51. The first kappa shape index (κ1) is 26.0. The van der Waals surface area contributed by atoms with Crippen LogP contribution in [0.5, 0.6) is 0 Å². The first-order chi connectivity index (χ1) is 23.3. The summed E-state index contributed by atoms with van der Waals surface area (Å²) < 4.78 is 6.43. The lowest BCUT2D eigenvalue weighted by Gasteiger charge is -2.14. The molecule has 0 unspecified atom stereocenters. The van der Waals surface area contributed by atoms with Crippen molar-refractivity contribution in [3.05, 3.63) is 158 Å². The van der Waals surface area contributed by atoms with Gasteiger partial charge in [0.05, 0.1) is 0 Å². The SMILES string of the molecule is c1ccc(-c2nc3ccc4ccc5ccc(-c6cccc(-c7cc8c9ccccc9ccc8c8ccccc78)c6)cc5c4c3o2)nc1. The van der Waals surface area contributed by atoms with Gasteiger partial charge in [-0.25, -0.2) is 4.98 Å². The first-order valence-electron chi connectivity index (χ1n) is 15.9. The molecule has 0 spiro atoms. The van der Waals surface area contributed by atoms with E-state index >= 15 is 0 Å². The highest BCUT2D eigenvalue weighted by Crippen LogP contribution is 2.40. The molecule has 0 bridgehead atoms. The molecule has 10 rings (SSSR count). The summed E-state index contributed by atoms with van der Waals surface area (Å²) in [4.78, 5) is 9.27. The Balaban J connectivity index is 1.17. The van der Waals surface area contributed by atoms with Crippen molar-refractivity contribution in [3.8, 4) is 33.8 Å². The van der Waals surface area contributed by atoms with Gasteiger partial charge in [0.1, 0.15) is 11.2 Å². The molecule has 0 N–H and O–H groups in total. The summed E-state index contributed by atoms with van der Waals surface area (Å²) in [7, 11) is 0. The summed E-state index contributed by atoms with van der Waals surface area (Å²) >= 11 is 0. The minimum atomic E-state index is 0.532. The van der Waals surface area contributed by atoms with E-state index in [1.807, 2.05) is 24.3 Å². The summed E-state index contributed by atoms with van der Waals surface area (Å²) in [5.74, 6) is 0.532. The van der Waals surface area contributed by atoms with Crippen LogP contribution in [-0.4, -0.2) is 9.97 Å². The Morgan fingerprint density at radius 2 is 1.13 bits per heavy atom. The summed E-state index contributed by atoms with van der Waals surface area (Å²) in [5.41, 5.74) is 7.10. The molecule has 0 atom stereocenters. The molecular formula is C44H26N2O. The second kappa shape index (κ2) is 10.1. The van der Waals surface area contributed by atoms with Crippen molar-refractivity contribution in [2.45, 2.75) is 0 Å². The molecule has 0 saturated heterocycles. The smallest absolute Gasteiger partial charge is 0.246 e. The summed E-state index contributed by atoms with van der Waals surface area (Å²) in [6, 6.07) is 54.3. The van der Waals surface area contributed by atoms with E-state index in [2.05, 4.69) is 132 Å². The fourth-order valence-electron chi connectivity index (χ4n) is 7.27. The number of hydrogen-bond donors (Lipinski definition) is 0. The number of nitrogens with zero attached hydrogens (tertiary/aromatic N) is 2. The standard InChI is InChI=1S/C44H26N2O/c1-2-11-33-27(8-1)19-21-36-34-12-3-4-13-35(34)37(26-39(33)36)32-10-7-9-30(24-32)31-18-16-28-15-17-29-20-22-40-43(42(29)38(28)25-31)47-44(46-40)41-14-5-6-23-45-41/h1-26H. The van der Waals surface area contributed by atoms with Crippen molar-refractivity contribution in [1.29, 1.82) is 0 Å². The maximum absolute atomic E-state index is 6.43. The molecule has 2 heterocycles. The third-order valence-electron chi connectivity index (χ3n) is 9.51. The van der Waals surface area contributed by atoms with Crippen molar-refractivity contribution in [2.24, 2.45) is 0 Å². The van der Waals surface area contributed by atoms with E-state index in [1.54, 1.807) is 6.20 Å². The average Bonchev–Trinajstić information content (AvgIpc) is 3.59. The Bertz CT molecular complexity index is 2850. The van der Waals surface area contributed by atoms with Gasteiger partial charge in [0, 0.05) is 11.6 Å². The zero-order chi connectivity index (χ0) is 30.9. The van der Waals surface area contributed by atoms with Gasteiger partial charge in [-0.3, -0.25) is 4.98 Å². The molecular weight excluding hydrogens is 572 g/mol. The molecule has 0 aliphatic carbocycles. The van der Waals surface area contributed by atoms with Crippen molar-refractivity contribution in [2.75, 3.05) is 0 Å². The molecule has 3 heteroatoms. The second-order valence-electron chi connectivity index (χ2n) is 12.2. The number of benzene rings is 8. The summed E-state index contributed by atoms with van der Waals surface area (Å²) in [5, 5.41) is 12.1. The molecule has 0 radical (unpaired) electrons. The Hall–Kier alpha value is -6.32. The van der Waals surface area contributed by atoms with Crippen LogP contribution in [0.25, 0.3) is 98.8 Å². The van der Waals surface area contributed by atoms with Gasteiger partial charge in [-0.15, -0.1) is 0 Å². The predicted octanol–water partition coefficient (Wildman–Crippen LogP) is 12.0. The van der Waals surface area contributed by atoms with Gasteiger partial charge < -0.3 is 4.42 Å². The van der Waals surface area contributed by atoms with Crippen LogP contribution in [0.4, 0.5) is 0 Å². The maximum atomic E-state index is 6.43. The van der Waals surface area contributed by atoms with Crippen molar-refractivity contribution < 1.29 is 4.42 Å². The van der Waals surface area contributed by atoms with E-state index in [1.165, 1.54) is 49.0 Å². The van der Waals surface area contributed by atoms with Gasteiger partial charge >= 0.3 is 0 Å². The van der Waals surface area contributed by atoms with E-state index in [0.717, 1.165) is 43.9 Å². The van der Waals surface area contributed by atoms with E-state index in [9.17, 15) is 0 Å². The maximum Gasteiger partial charge on any atom is 0.246 e. The van der Waals surface area contributed by atoms with Crippen LogP contribution in [0.15, 0.2) is 162 Å². The predicted molar refractivity (Wildman–Crippen MR) is 196 cm³/mol. The van der Waals surface area contributed by atoms with Crippen molar-refractivity contribution >= 4 is 65.0 Å². The zero-order valence-electron chi connectivity index (χ0n) is 25.3. The van der Waals surface area contributed by atoms with Crippen LogP contribution >= 0.6 is 0 Å². The van der Waals surface area contributed by atoms with E-state index in [-0.39, 0.29) is 0 Å². The molecule has 8 aromatic carbocycles. The van der Waals surface area contributed by atoms with Gasteiger partial charge in [0.15, 0.2) is 5.58 Å². The topological polar surface area (TPSA) is 38.9 Å². The summed E-state index contributed by atoms with van der Waals surface area (Å²) in [6.45, 7) is 0. The van der Waals surface area contributed by atoms with E-state index < -0.39 is 0 Å². The molecule has 3 nitrogen and oxygen atoms in total. The molecule has 2 aromatic heterocycles. The highest BCUT2D eigenvalue weighted by Gasteiger charge is 2.16. The molecule has 218 valence electrons. The Labute approximate surface area is 270 Å². The van der Waals surface area contributed by atoms with Crippen LogP contribution in [0.1, 0.15) is 0 Å². The molecule has 0 amide bonds. The monoisotopic (exact) mass is 598 g/mol. The lowest BCUT2D eigenvalue weighted by molar-refractivity contribution is 0.620. The van der Waals surface area contributed by atoms with Gasteiger partial charge in [-0.1, -0.05) is 115 Å². The quantitative estimate of drug-likeness (QED) is 0.190. The lowest BCUT2D eigenvalue weighted by atomic mass is 9.89. The Morgan fingerprint density at radius 1 is 0.426 bits per heavy atom. The van der Waals surface area contributed by atoms with Crippen LogP contribution in [0.3, 0.4) is 0 Å². The largest absolute Gasteiger partial charge is 0.434 e. The van der Waals surface area contributed by atoms with Gasteiger partial charge in [0.25, 0.3) is 0 Å². The third kappa shape index (κ3) is 4.07. The van der Waals surface area contributed by atoms with Crippen LogP contribution in [-0.2, 0) is 0 Å². The van der Waals surface area contributed by atoms with Gasteiger partial charge in [0.2, 0.25) is 5.89 Å². The first-order valence-corrected chi connectivity index (χ1v) is 15.9. The molecule has 10 aromatic rings. The van der Waals surface area contributed by atoms with Crippen molar-refractivity contribution in [3.63, 3.8) is 0 Å². The minimum absolute atomic E-state index is 0.532. The number of fused-ring (bicyclic) bond motifs is 10. The second-order valence-corrected chi connectivity index (χ2v) is 12.2.